The van der Waals surface area contributed by atoms with Gasteiger partial charge in [0.15, 0.2) is 10.9 Å². The zero-order valence-electron chi connectivity index (χ0n) is 11.4. The molecule has 1 heterocycles. The fourth-order valence-corrected chi connectivity index (χ4v) is 3.40. The third-order valence-electron chi connectivity index (χ3n) is 2.56. The fourth-order valence-electron chi connectivity index (χ4n) is 1.75. The van der Waals surface area contributed by atoms with Gasteiger partial charge in [0.1, 0.15) is 4.88 Å². The van der Waals surface area contributed by atoms with E-state index in [1.807, 2.05) is 6.92 Å². The van der Waals surface area contributed by atoms with E-state index in [4.69, 9.17) is 22.1 Å². The van der Waals surface area contributed by atoms with E-state index in [1.165, 1.54) is 0 Å². The van der Waals surface area contributed by atoms with E-state index < -0.39 is 0 Å². The number of hydrogen-bond acceptors (Lipinski definition) is 5. The van der Waals surface area contributed by atoms with Crippen molar-refractivity contribution in [1.82, 2.24) is 4.98 Å². The summed E-state index contributed by atoms with van der Waals surface area (Å²) >= 11 is 10.5. The zero-order chi connectivity index (χ0) is 15.6. The zero-order valence-corrected chi connectivity index (χ0v) is 14.5. The lowest BCUT2D eigenvalue weighted by Crippen LogP contribution is -2.13. The Balaban J connectivity index is 2.34. The second-order valence-electron chi connectivity index (χ2n) is 4.12. The average molecular weight is 391 g/mol. The Labute approximate surface area is 139 Å². The standard InChI is InChI=1S/C13H13BrClN3O2S/c1-3-20-10-8(14)4-7(15)5-9(10)18-12(19)11-6(2)17-13(16)21-11/h4-5H,3H2,1-2H3,(H2,16,17)(H,18,19). The van der Waals surface area contributed by atoms with Gasteiger partial charge in [-0.1, -0.05) is 22.9 Å². The number of amides is 1. The van der Waals surface area contributed by atoms with Crippen molar-refractivity contribution in [3.8, 4) is 5.75 Å². The van der Waals surface area contributed by atoms with E-state index in [9.17, 15) is 4.79 Å². The molecule has 5 nitrogen and oxygen atoms in total. The number of nitrogens with two attached hydrogens (primary N) is 1. The molecule has 0 aliphatic rings. The molecule has 21 heavy (non-hydrogen) atoms. The summed E-state index contributed by atoms with van der Waals surface area (Å²) in [5, 5.41) is 3.63. The molecule has 0 aliphatic carbocycles. The Morgan fingerprint density at radius 2 is 2.29 bits per heavy atom. The first kappa shape index (κ1) is 16.1. The molecule has 1 aromatic carbocycles. The molecule has 0 saturated heterocycles. The largest absolute Gasteiger partial charge is 0.491 e. The Bertz CT molecular complexity index is 690. The number of aryl methyl sites for hydroxylation is 1. The van der Waals surface area contributed by atoms with Crippen molar-refractivity contribution in [1.29, 1.82) is 0 Å². The van der Waals surface area contributed by atoms with Gasteiger partial charge in [0.25, 0.3) is 5.91 Å². The number of rotatable bonds is 4. The molecule has 1 amide bonds. The summed E-state index contributed by atoms with van der Waals surface area (Å²) in [6, 6.07) is 3.34. The number of ether oxygens (including phenoxy) is 1. The Kier molecular flexibility index (Phi) is 5.08. The first-order valence-electron chi connectivity index (χ1n) is 6.08. The van der Waals surface area contributed by atoms with Crippen LogP contribution >= 0.6 is 38.9 Å². The highest BCUT2D eigenvalue weighted by atomic mass is 79.9. The van der Waals surface area contributed by atoms with Crippen molar-refractivity contribution < 1.29 is 9.53 Å². The first-order valence-corrected chi connectivity index (χ1v) is 8.07. The molecular weight excluding hydrogens is 378 g/mol. The van der Waals surface area contributed by atoms with Gasteiger partial charge in [-0.2, -0.15) is 0 Å². The van der Waals surface area contributed by atoms with Gasteiger partial charge in [0.2, 0.25) is 0 Å². The van der Waals surface area contributed by atoms with Crippen LogP contribution in [0.25, 0.3) is 0 Å². The molecule has 2 aromatic rings. The second-order valence-corrected chi connectivity index (χ2v) is 6.44. The van der Waals surface area contributed by atoms with E-state index in [0.717, 1.165) is 11.3 Å². The lowest BCUT2D eigenvalue weighted by atomic mass is 10.2. The molecular formula is C13H13BrClN3O2S. The summed E-state index contributed by atoms with van der Waals surface area (Å²) in [5.74, 6) is 0.238. The molecule has 112 valence electrons. The minimum absolute atomic E-state index is 0.295. The van der Waals surface area contributed by atoms with Crippen molar-refractivity contribution in [3.63, 3.8) is 0 Å². The van der Waals surface area contributed by atoms with Gasteiger partial charge in [0, 0.05) is 5.02 Å². The van der Waals surface area contributed by atoms with Crippen LogP contribution in [0.1, 0.15) is 22.3 Å². The number of nitrogens with zero attached hydrogens (tertiary/aromatic N) is 1. The number of nitrogens with one attached hydrogen (secondary N) is 1. The molecule has 8 heteroatoms. The molecule has 2 rings (SSSR count). The van der Waals surface area contributed by atoms with E-state index >= 15 is 0 Å². The Morgan fingerprint density at radius 3 is 2.86 bits per heavy atom. The van der Waals surface area contributed by atoms with Crippen molar-refractivity contribution in [2.75, 3.05) is 17.7 Å². The highest BCUT2D eigenvalue weighted by molar-refractivity contribution is 9.10. The summed E-state index contributed by atoms with van der Waals surface area (Å²) in [6.45, 7) is 4.06. The van der Waals surface area contributed by atoms with Gasteiger partial charge in [-0.25, -0.2) is 4.98 Å². The van der Waals surface area contributed by atoms with Gasteiger partial charge in [-0.3, -0.25) is 4.79 Å². The minimum Gasteiger partial charge on any atom is -0.491 e. The molecule has 0 saturated carbocycles. The van der Waals surface area contributed by atoms with Crippen molar-refractivity contribution in [3.05, 3.63) is 32.2 Å². The van der Waals surface area contributed by atoms with Crippen LogP contribution in [-0.4, -0.2) is 17.5 Å². The maximum Gasteiger partial charge on any atom is 0.267 e. The number of carbonyl (C=O) groups excluding carboxylic acids is 1. The number of anilines is 2. The van der Waals surface area contributed by atoms with Gasteiger partial charge >= 0.3 is 0 Å². The van der Waals surface area contributed by atoms with E-state index in [0.29, 0.717) is 43.2 Å². The van der Waals surface area contributed by atoms with Crippen LogP contribution in [0.3, 0.4) is 0 Å². The minimum atomic E-state index is -0.295. The van der Waals surface area contributed by atoms with Crippen LogP contribution in [0.5, 0.6) is 5.75 Å². The molecule has 0 radical (unpaired) electrons. The maximum atomic E-state index is 12.3. The molecule has 1 aromatic heterocycles. The van der Waals surface area contributed by atoms with Crippen LogP contribution in [-0.2, 0) is 0 Å². The van der Waals surface area contributed by atoms with E-state index in [-0.39, 0.29) is 5.91 Å². The summed E-state index contributed by atoms with van der Waals surface area (Å²) in [7, 11) is 0. The average Bonchev–Trinajstić information content (AvgIpc) is 2.72. The highest BCUT2D eigenvalue weighted by Crippen LogP contribution is 2.37. The van der Waals surface area contributed by atoms with Crippen LogP contribution in [0.15, 0.2) is 16.6 Å². The molecule has 0 unspecified atom stereocenters. The quantitative estimate of drug-likeness (QED) is 0.824. The Hall–Kier alpha value is -1.31. The van der Waals surface area contributed by atoms with Crippen molar-refractivity contribution in [2.45, 2.75) is 13.8 Å². The van der Waals surface area contributed by atoms with E-state index in [1.54, 1.807) is 19.1 Å². The number of nitrogen functional groups attached to an aromatic ring is 1. The number of aromatic nitrogens is 1. The SMILES string of the molecule is CCOc1c(Br)cc(Cl)cc1NC(=O)c1sc(N)nc1C. The van der Waals surface area contributed by atoms with Gasteiger partial charge in [-0.05, 0) is 41.9 Å². The summed E-state index contributed by atoms with van der Waals surface area (Å²) in [4.78, 5) is 16.8. The monoisotopic (exact) mass is 389 g/mol. The molecule has 0 fully saturated rings. The van der Waals surface area contributed by atoms with Crippen LogP contribution in [0.2, 0.25) is 5.02 Å². The van der Waals surface area contributed by atoms with Crippen molar-refractivity contribution in [2.24, 2.45) is 0 Å². The van der Waals surface area contributed by atoms with Gasteiger partial charge in [-0.15, -0.1) is 0 Å². The topological polar surface area (TPSA) is 77.2 Å². The Morgan fingerprint density at radius 1 is 1.57 bits per heavy atom. The highest BCUT2D eigenvalue weighted by Gasteiger charge is 2.18. The predicted molar refractivity (Wildman–Crippen MR) is 89.5 cm³/mol. The number of hydrogen-bond donors (Lipinski definition) is 2. The number of thiazole rings is 1. The molecule has 0 bridgehead atoms. The third kappa shape index (κ3) is 3.66. The second kappa shape index (κ2) is 6.64. The number of carbonyl (C=O) groups is 1. The lowest BCUT2D eigenvalue weighted by molar-refractivity contribution is 0.102. The lowest BCUT2D eigenvalue weighted by Gasteiger charge is -2.13. The van der Waals surface area contributed by atoms with Gasteiger partial charge < -0.3 is 15.8 Å². The number of benzene rings is 1. The van der Waals surface area contributed by atoms with Crippen LogP contribution in [0.4, 0.5) is 10.8 Å². The molecule has 3 N–H and O–H groups in total. The maximum absolute atomic E-state index is 12.3. The van der Waals surface area contributed by atoms with Gasteiger partial charge in [0.05, 0.1) is 22.5 Å². The summed E-state index contributed by atoms with van der Waals surface area (Å²) < 4.78 is 6.21. The summed E-state index contributed by atoms with van der Waals surface area (Å²) in [5.41, 5.74) is 6.70. The normalized spacial score (nSPS) is 10.5. The van der Waals surface area contributed by atoms with Crippen molar-refractivity contribution >= 4 is 55.6 Å². The van der Waals surface area contributed by atoms with E-state index in [2.05, 4.69) is 26.2 Å². The fraction of sp³-hybridized carbons (Fsp3) is 0.231. The third-order valence-corrected chi connectivity index (χ3v) is 4.36. The molecule has 0 aliphatic heterocycles. The smallest absolute Gasteiger partial charge is 0.267 e. The van der Waals surface area contributed by atoms with Crippen LogP contribution in [0, 0.1) is 6.92 Å². The van der Waals surface area contributed by atoms with Crippen LogP contribution < -0.4 is 15.8 Å². The molecule has 0 spiro atoms. The first-order chi connectivity index (χ1) is 9.92. The summed E-state index contributed by atoms with van der Waals surface area (Å²) in [6.07, 6.45) is 0. The molecule has 0 atom stereocenters. The predicted octanol–water partition coefficient (Wildman–Crippen LogP) is 4.10. The number of halogens is 2.